The first-order chi connectivity index (χ1) is 7.69. The Labute approximate surface area is 96.0 Å². The van der Waals surface area contributed by atoms with Crippen molar-refractivity contribution < 1.29 is 9.90 Å². The van der Waals surface area contributed by atoms with Crippen LogP contribution in [-0.4, -0.2) is 35.6 Å². The van der Waals surface area contributed by atoms with E-state index in [4.69, 9.17) is 5.11 Å². The molecule has 0 bridgehead atoms. The van der Waals surface area contributed by atoms with Gasteiger partial charge in [-0.05, 0) is 19.1 Å². The summed E-state index contributed by atoms with van der Waals surface area (Å²) in [6.07, 6.45) is 1.66. The van der Waals surface area contributed by atoms with Crippen LogP contribution in [0.15, 0.2) is 36.9 Å². The van der Waals surface area contributed by atoms with Gasteiger partial charge in [0.05, 0.1) is 6.61 Å². The summed E-state index contributed by atoms with van der Waals surface area (Å²) in [4.78, 5) is 13.6. The van der Waals surface area contributed by atoms with Crippen molar-refractivity contribution in [3.63, 3.8) is 0 Å². The SMILES string of the molecule is C=CCN(CCO)C(=O)c1cccc(C)c1. The molecule has 0 fully saturated rings. The lowest BCUT2D eigenvalue weighted by Gasteiger charge is -2.20. The van der Waals surface area contributed by atoms with Crippen molar-refractivity contribution in [3.05, 3.63) is 48.0 Å². The number of aliphatic hydroxyl groups excluding tert-OH is 1. The molecule has 1 aromatic rings. The molecule has 1 aromatic carbocycles. The third kappa shape index (κ3) is 3.21. The van der Waals surface area contributed by atoms with Gasteiger partial charge in [0.15, 0.2) is 0 Å². The van der Waals surface area contributed by atoms with Gasteiger partial charge in [-0.3, -0.25) is 4.79 Å². The number of amides is 1. The van der Waals surface area contributed by atoms with Crippen molar-refractivity contribution in [1.82, 2.24) is 4.90 Å². The van der Waals surface area contributed by atoms with E-state index in [2.05, 4.69) is 6.58 Å². The second kappa shape index (κ2) is 6.08. The summed E-state index contributed by atoms with van der Waals surface area (Å²) < 4.78 is 0. The molecule has 1 N–H and O–H groups in total. The van der Waals surface area contributed by atoms with Crippen LogP contribution >= 0.6 is 0 Å². The van der Waals surface area contributed by atoms with Gasteiger partial charge >= 0.3 is 0 Å². The highest BCUT2D eigenvalue weighted by Gasteiger charge is 2.13. The molecule has 0 saturated heterocycles. The molecule has 3 nitrogen and oxygen atoms in total. The molecule has 0 heterocycles. The second-order valence-electron chi connectivity index (χ2n) is 3.63. The van der Waals surface area contributed by atoms with Gasteiger partial charge in [0.1, 0.15) is 0 Å². The highest BCUT2D eigenvalue weighted by Crippen LogP contribution is 2.07. The van der Waals surface area contributed by atoms with Gasteiger partial charge in [0.2, 0.25) is 0 Å². The van der Waals surface area contributed by atoms with Gasteiger partial charge in [-0.25, -0.2) is 0 Å². The molecule has 0 spiro atoms. The summed E-state index contributed by atoms with van der Waals surface area (Å²) in [6, 6.07) is 7.42. The van der Waals surface area contributed by atoms with Gasteiger partial charge < -0.3 is 10.0 Å². The zero-order chi connectivity index (χ0) is 12.0. The molecule has 1 rings (SSSR count). The number of aryl methyl sites for hydroxylation is 1. The Kier molecular flexibility index (Phi) is 4.73. The Morgan fingerprint density at radius 2 is 2.31 bits per heavy atom. The largest absolute Gasteiger partial charge is 0.395 e. The Hall–Kier alpha value is -1.61. The zero-order valence-corrected chi connectivity index (χ0v) is 9.52. The first-order valence-corrected chi connectivity index (χ1v) is 5.26. The molecule has 0 atom stereocenters. The maximum Gasteiger partial charge on any atom is 0.254 e. The molecule has 0 aromatic heterocycles. The minimum Gasteiger partial charge on any atom is -0.395 e. The average molecular weight is 219 g/mol. The van der Waals surface area contributed by atoms with Gasteiger partial charge in [0.25, 0.3) is 5.91 Å². The molecule has 0 aliphatic rings. The maximum atomic E-state index is 12.0. The lowest BCUT2D eigenvalue weighted by molar-refractivity contribution is 0.0743. The molecule has 0 aliphatic carbocycles. The number of hydrogen-bond donors (Lipinski definition) is 1. The van der Waals surface area contributed by atoms with Crippen molar-refractivity contribution >= 4 is 5.91 Å². The number of carbonyl (C=O) groups is 1. The highest BCUT2D eigenvalue weighted by molar-refractivity contribution is 5.94. The fourth-order valence-electron chi connectivity index (χ4n) is 1.51. The number of benzene rings is 1. The Morgan fingerprint density at radius 3 is 2.88 bits per heavy atom. The van der Waals surface area contributed by atoms with Crippen LogP contribution in [0.4, 0.5) is 0 Å². The minimum absolute atomic E-state index is 0.0363. The standard InChI is InChI=1S/C13H17NO2/c1-3-7-14(8-9-15)13(16)12-6-4-5-11(2)10-12/h3-6,10,15H,1,7-9H2,2H3. The Bertz CT molecular complexity index is 374. The average Bonchev–Trinajstić information content (AvgIpc) is 2.28. The first kappa shape index (κ1) is 12.5. The smallest absolute Gasteiger partial charge is 0.254 e. The third-order valence-corrected chi connectivity index (χ3v) is 2.27. The molecule has 3 heteroatoms. The van der Waals surface area contributed by atoms with Gasteiger partial charge in [-0.15, -0.1) is 6.58 Å². The van der Waals surface area contributed by atoms with E-state index >= 15 is 0 Å². The van der Waals surface area contributed by atoms with E-state index in [1.165, 1.54) is 0 Å². The second-order valence-corrected chi connectivity index (χ2v) is 3.63. The third-order valence-electron chi connectivity index (χ3n) is 2.27. The molecule has 0 saturated carbocycles. The normalized spacial score (nSPS) is 9.88. The van der Waals surface area contributed by atoms with Crippen LogP contribution in [0.3, 0.4) is 0 Å². The molecule has 1 amide bonds. The summed E-state index contributed by atoms with van der Waals surface area (Å²) in [5, 5.41) is 8.89. The lowest BCUT2D eigenvalue weighted by Crippen LogP contribution is -2.33. The minimum atomic E-state index is -0.0716. The van der Waals surface area contributed by atoms with E-state index < -0.39 is 0 Å². The predicted molar refractivity (Wildman–Crippen MR) is 64.4 cm³/mol. The summed E-state index contributed by atoms with van der Waals surface area (Å²) in [5.74, 6) is -0.0716. The van der Waals surface area contributed by atoms with E-state index in [0.717, 1.165) is 5.56 Å². The van der Waals surface area contributed by atoms with Crippen LogP contribution < -0.4 is 0 Å². The topological polar surface area (TPSA) is 40.5 Å². The highest BCUT2D eigenvalue weighted by atomic mass is 16.3. The van der Waals surface area contributed by atoms with Crippen molar-refractivity contribution in [2.24, 2.45) is 0 Å². The van der Waals surface area contributed by atoms with Crippen LogP contribution in [0.25, 0.3) is 0 Å². The number of rotatable bonds is 5. The van der Waals surface area contributed by atoms with E-state index in [1.54, 1.807) is 17.0 Å². The van der Waals surface area contributed by atoms with Gasteiger partial charge in [-0.1, -0.05) is 23.8 Å². The molecule has 86 valence electrons. The van der Waals surface area contributed by atoms with Crippen molar-refractivity contribution in [2.75, 3.05) is 19.7 Å². The first-order valence-electron chi connectivity index (χ1n) is 5.26. The number of carbonyl (C=O) groups excluding carboxylic acids is 1. The Balaban J connectivity index is 2.85. The number of nitrogens with zero attached hydrogens (tertiary/aromatic N) is 1. The van der Waals surface area contributed by atoms with Crippen molar-refractivity contribution in [3.8, 4) is 0 Å². The van der Waals surface area contributed by atoms with Crippen LogP contribution in [0.5, 0.6) is 0 Å². The molecule has 0 radical (unpaired) electrons. The summed E-state index contributed by atoms with van der Waals surface area (Å²) in [6.45, 7) is 6.29. The summed E-state index contributed by atoms with van der Waals surface area (Å²) >= 11 is 0. The summed E-state index contributed by atoms with van der Waals surface area (Å²) in [5.41, 5.74) is 1.70. The zero-order valence-electron chi connectivity index (χ0n) is 9.52. The van der Waals surface area contributed by atoms with Gasteiger partial charge in [0, 0.05) is 18.7 Å². The monoisotopic (exact) mass is 219 g/mol. The van der Waals surface area contributed by atoms with Crippen LogP contribution in [0.1, 0.15) is 15.9 Å². The predicted octanol–water partition coefficient (Wildman–Crippen LogP) is 1.62. The fourth-order valence-corrected chi connectivity index (χ4v) is 1.51. The van der Waals surface area contributed by atoms with E-state index in [0.29, 0.717) is 18.7 Å². The van der Waals surface area contributed by atoms with E-state index in [-0.39, 0.29) is 12.5 Å². The quantitative estimate of drug-likeness (QED) is 0.764. The Morgan fingerprint density at radius 1 is 1.56 bits per heavy atom. The molecular weight excluding hydrogens is 202 g/mol. The molecule has 0 unspecified atom stereocenters. The van der Waals surface area contributed by atoms with E-state index in [1.807, 2.05) is 25.1 Å². The van der Waals surface area contributed by atoms with Crippen LogP contribution in [0, 0.1) is 6.92 Å². The van der Waals surface area contributed by atoms with E-state index in [9.17, 15) is 4.79 Å². The number of hydrogen-bond acceptors (Lipinski definition) is 2. The lowest BCUT2D eigenvalue weighted by atomic mass is 10.1. The number of aliphatic hydroxyl groups is 1. The van der Waals surface area contributed by atoms with Crippen molar-refractivity contribution in [2.45, 2.75) is 6.92 Å². The van der Waals surface area contributed by atoms with Crippen molar-refractivity contribution in [1.29, 1.82) is 0 Å². The summed E-state index contributed by atoms with van der Waals surface area (Å²) in [7, 11) is 0. The van der Waals surface area contributed by atoms with Gasteiger partial charge in [-0.2, -0.15) is 0 Å². The molecule has 0 aliphatic heterocycles. The maximum absolute atomic E-state index is 12.0. The fraction of sp³-hybridized carbons (Fsp3) is 0.308. The van der Waals surface area contributed by atoms with Crippen LogP contribution in [-0.2, 0) is 0 Å². The molecule has 16 heavy (non-hydrogen) atoms. The van der Waals surface area contributed by atoms with Crippen LogP contribution in [0.2, 0.25) is 0 Å². The molecular formula is C13H17NO2.